The van der Waals surface area contributed by atoms with E-state index in [1.54, 1.807) is 0 Å². The summed E-state index contributed by atoms with van der Waals surface area (Å²) in [6, 6.07) is 0. The van der Waals surface area contributed by atoms with Gasteiger partial charge in [0.25, 0.3) is 0 Å². The van der Waals surface area contributed by atoms with Crippen molar-refractivity contribution in [3.63, 3.8) is 0 Å². The van der Waals surface area contributed by atoms with Gasteiger partial charge in [0, 0.05) is 32.7 Å². The second-order valence-electron chi connectivity index (χ2n) is 3.68. The van der Waals surface area contributed by atoms with Crippen molar-refractivity contribution in [3.05, 3.63) is 0 Å². The summed E-state index contributed by atoms with van der Waals surface area (Å²) in [5.74, 6) is 0. The van der Waals surface area contributed by atoms with Gasteiger partial charge in [-0.25, -0.2) is 4.39 Å². The third-order valence-electron chi connectivity index (χ3n) is 2.51. The molecule has 1 aliphatic heterocycles. The molecule has 0 spiro atoms. The minimum absolute atomic E-state index is 0.675. The molecule has 1 N–H and O–H groups in total. The van der Waals surface area contributed by atoms with E-state index >= 15 is 0 Å². The molecule has 1 saturated heterocycles. The van der Waals surface area contributed by atoms with Crippen LogP contribution in [0.1, 0.15) is 12.8 Å². The Bertz CT molecular complexity index is 139. The van der Waals surface area contributed by atoms with Crippen LogP contribution in [0.2, 0.25) is 0 Å². The Kier molecular flexibility index (Phi) is 1.85. The first-order valence-corrected chi connectivity index (χ1v) is 4.41. The van der Waals surface area contributed by atoms with Crippen LogP contribution in [0.4, 0.5) is 4.39 Å². The Hall–Kier alpha value is -0.150. The summed E-state index contributed by atoms with van der Waals surface area (Å²) in [6.45, 7) is 4.76. The topological polar surface area (TPSA) is 15.3 Å². The molecule has 2 nitrogen and oxygen atoms in total. The first kappa shape index (κ1) is 7.50. The average molecular weight is 158 g/mol. The van der Waals surface area contributed by atoms with Gasteiger partial charge in [-0.2, -0.15) is 0 Å². The van der Waals surface area contributed by atoms with Crippen LogP contribution in [-0.4, -0.2) is 43.3 Å². The van der Waals surface area contributed by atoms with Crippen LogP contribution in [0.15, 0.2) is 0 Å². The van der Waals surface area contributed by atoms with Crippen LogP contribution in [0.3, 0.4) is 0 Å². The Morgan fingerprint density at radius 2 is 1.91 bits per heavy atom. The maximum Gasteiger partial charge on any atom is 0.123 e. The second kappa shape index (κ2) is 2.72. The molecule has 1 saturated carbocycles. The van der Waals surface area contributed by atoms with E-state index < -0.39 is 5.67 Å². The van der Waals surface area contributed by atoms with Crippen LogP contribution in [-0.2, 0) is 0 Å². The normalized spacial score (nSPS) is 30.3. The molecule has 0 atom stereocenters. The average Bonchev–Trinajstić information content (AvgIpc) is 2.70. The Labute approximate surface area is 66.8 Å². The molecule has 11 heavy (non-hydrogen) atoms. The summed E-state index contributed by atoms with van der Waals surface area (Å²) in [5, 5.41) is 3.26. The number of halogens is 1. The largest absolute Gasteiger partial charge is 0.314 e. The van der Waals surface area contributed by atoms with Gasteiger partial charge in [-0.05, 0) is 12.8 Å². The van der Waals surface area contributed by atoms with E-state index in [4.69, 9.17) is 0 Å². The summed E-state index contributed by atoms with van der Waals surface area (Å²) >= 11 is 0. The number of hydrogen-bond acceptors (Lipinski definition) is 2. The lowest BCUT2D eigenvalue weighted by atomic mass is 10.3. The zero-order valence-electron chi connectivity index (χ0n) is 6.77. The molecule has 0 unspecified atom stereocenters. The summed E-state index contributed by atoms with van der Waals surface area (Å²) in [7, 11) is 0. The van der Waals surface area contributed by atoms with Crippen molar-refractivity contribution in [2.45, 2.75) is 18.5 Å². The van der Waals surface area contributed by atoms with E-state index in [0.29, 0.717) is 6.54 Å². The number of hydrogen-bond donors (Lipinski definition) is 1. The fourth-order valence-electron chi connectivity index (χ4n) is 1.56. The molecule has 0 aromatic rings. The lowest BCUT2D eigenvalue weighted by molar-refractivity contribution is 0.161. The first-order chi connectivity index (χ1) is 5.29. The zero-order valence-corrected chi connectivity index (χ0v) is 6.77. The SMILES string of the molecule is FC1(CN2CCNCC2)CC1. The van der Waals surface area contributed by atoms with Gasteiger partial charge in [0.05, 0.1) is 0 Å². The molecule has 1 aliphatic carbocycles. The maximum absolute atomic E-state index is 13.2. The first-order valence-electron chi connectivity index (χ1n) is 4.41. The van der Waals surface area contributed by atoms with Gasteiger partial charge in [0.2, 0.25) is 0 Å². The van der Waals surface area contributed by atoms with E-state index in [9.17, 15) is 4.39 Å². The Balaban J connectivity index is 1.76. The molecule has 3 heteroatoms. The molecule has 0 bridgehead atoms. The van der Waals surface area contributed by atoms with Crippen LogP contribution in [0.25, 0.3) is 0 Å². The quantitative estimate of drug-likeness (QED) is 0.625. The van der Waals surface area contributed by atoms with Gasteiger partial charge >= 0.3 is 0 Å². The minimum Gasteiger partial charge on any atom is -0.314 e. The molecule has 0 aromatic carbocycles. The standard InChI is InChI=1S/C8H15FN2/c9-8(1-2-8)7-11-5-3-10-4-6-11/h10H,1-7H2. The van der Waals surface area contributed by atoms with Crippen molar-refractivity contribution in [1.29, 1.82) is 0 Å². The molecule has 1 heterocycles. The van der Waals surface area contributed by atoms with Crippen molar-refractivity contribution in [3.8, 4) is 0 Å². The molecule has 0 amide bonds. The van der Waals surface area contributed by atoms with E-state index in [2.05, 4.69) is 10.2 Å². The predicted octanol–water partition coefficient (Wildman–Crippen LogP) is 0.394. The number of rotatable bonds is 2. The summed E-state index contributed by atoms with van der Waals surface area (Å²) < 4.78 is 13.2. The highest BCUT2D eigenvalue weighted by Gasteiger charge is 2.44. The van der Waals surface area contributed by atoms with E-state index in [1.165, 1.54) is 0 Å². The predicted molar refractivity (Wildman–Crippen MR) is 42.4 cm³/mol. The van der Waals surface area contributed by atoms with Crippen LogP contribution in [0, 0.1) is 0 Å². The van der Waals surface area contributed by atoms with Gasteiger partial charge in [-0.1, -0.05) is 0 Å². The monoisotopic (exact) mass is 158 g/mol. The Morgan fingerprint density at radius 3 is 2.45 bits per heavy atom. The lowest BCUT2D eigenvalue weighted by Crippen LogP contribution is -2.46. The molecule has 2 aliphatic rings. The van der Waals surface area contributed by atoms with Crippen molar-refractivity contribution in [1.82, 2.24) is 10.2 Å². The van der Waals surface area contributed by atoms with E-state index in [1.807, 2.05) is 0 Å². The van der Waals surface area contributed by atoms with Gasteiger partial charge in [0.1, 0.15) is 5.67 Å². The maximum atomic E-state index is 13.2. The molecule has 0 radical (unpaired) electrons. The molecule has 0 aromatic heterocycles. The fourth-order valence-corrected chi connectivity index (χ4v) is 1.56. The van der Waals surface area contributed by atoms with Gasteiger partial charge < -0.3 is 5.32 Å². The highest BCUT2D eigenvalue weighted by atomic mass is 19.1. The number of piperazine rings is 1. The minimum atomic E-state index is -0.794. The summed E-state index contributed by atoms with van der Waals surface area (Å²) in [5.41, 5.74) is -0.794. The van der Waals surface area contributed by atoms with Gasteiger partial charge in [-0.3, -0.25) is 4.90 Å². The Morgan fingerprint density at radius 1 is 1.27 bits per heavy atom. The van der Waals surface area contributed by atoms with E-state index in [-0.39, 0.29) is 0 Å². The van der Waals surface area contributed by atoms with Gasteiger partial charge in [0.15, 0.2) is 0 Å². The molecule has 2 fully saturated rings. The fraction of sp³-hybridized carbons (Fsp3) is 1.00. The zero-order chi connectivity index (χ0) is 7.73. The van der Waals surface area contributed by atoms with E-state index in [0.717, 1.165) is 39.0 Å². The lowest BCUT2D eigenvalue weighted by Gasteiger charge is -2.28. The number of alkyl halides is 1. The molecule has 64 valence electrons. The van der Waals surface area contributed by atoms with Gasteiger partial charge in [-0.15, -0.1) is 0 Å². The molecular formula is C8H15FN2. The van der Waals surface area contributed by atoms with Crippen molar-refractivity contribution in [2.75, 3.05) is 32.7 Å². The number of nitrogens with one attached hydrogen (secondary N) is 1. The highest BCUT2D eigenvalue weighted by Crippen LogP contribution is 2.40. The smallest absolute Gasteiger partial charge is 0.123 e. The van der Waals surface area contributed by atoms with Crippen LogP contribution < -0.4 is 5.32 Å². The molecule has 2 rings (SSSR count). The third kappa shape index (κ3) is 1.91. The molecular weight excluding hydrogens is 143 g/mol. The summed E-state index contributed by atoms with van der Waals surface area (Å²) in [4.78, 5) is 2.23. The van der Waals surface area contributed by atoms with Crippen LogP contribution in [0.5, 0.6) is 0 Å². The second-order valence-corrected chi connectivity index (χ2v) is 3.68. The highest BCUT2D eigenvalue weighted by molar-refractivity contribution is 4.97. The third-order valence-corrected chi connectivity index (χ3v) is 2.51. The van der Waals surface area contributed by atoms with Crippen molar-refractivity contribution in [2.24, 2.45) is 0 Å². The van der Waals surface area contributed by atoms with Crippen LogP contribution >= 0.6 is 0 Å². The van der Waals surface area contributed by atoms with Crippen molar-refractivity contribution < 1.29 is 4.39 Å². The van der Waals surface area contributed by atoms with Crippen molar-refractivity contribution >= 4 is 0 Å². The summed E-state index contributed by atoms with van der Waals surface area (Å²) in [6.07, 6.45) is 1.58. The number of nitrogens with zero attached hydrogens (tertiary/aromatic N) is 1.